The maximum atomic E-state index is 4.74. The van der Waals surface area contributed by atoms with E-state index < -0.39 is 0 Å². The maximum absolute atomic E-state index is 4.74. The molecule has 2 fully saturated rings. The van der Waals surface area contributed by atoms with E-state index in [0.717, 1.165) is 24.7 Å². The van der Waals surface area contributed by atoms with E-state index in [2.05, 4.69) is 57.3 Å². The van der Waals surface area contributed by atoms with Crippen LogP contribution in [0.5, 0.6) is 0 Å². The third-order valence-corrected chi connectivity index (χ3v) is 5.85. The zero-order valence-electron chi connectivity index (χ0n) is 15.9. The van der Waals surface area contributed by atoms with Gasteiger partial charge in [-0.3, -0.25) is 4.90 Å². The summed E-state index contributed by atoms with van der Waals surface area (Å²) >= 11 is 0. The van der Waals surface area contributed by atoms with Crippen LogP contribution in [0.1, 0.15) is 43.0 Å². The van der Waals surface area contributed by atoms with Crippen LogP contribution >= 0.6 is 0 Å². The van der Waals surface area contributed by atoms with Crippen LogP contribution in [0.2, 0.25) is 0 Å². The fourth-order valence-electron chi connectivity index (χ4n) is 4.31. The van der Waals surface area contributed by atoms with E-state index in [1.807, 2.05) is 12.3 Å². The summed E-state index contributed by atoms with van der Waals surface area (Å²) in [5, 5.41) is 5.04. The molecule has 3 aromatic rings. The number of piperidine rings is 1. The summed E-state index contributed by atoms with van der Waals surface area (Å²) in [7, 11) is 2.14. The van der Waals surface area contributed by atoms with Crippen LogP contribution in [0.3, 0.4) is 0 Å². The Hall–Kier alpha value is -2.40. The average Bonchev–Trinajstić information content (AvgIpc) is 3.49. The highest BCUT2D eigenvalue weighted by Gasteiger charge is 2.27. The average molecular weight is 361 g/mol. The Labute approximate surface area is 160 Å². The van der Waals surface area contributed by atoms with E-state index in [-0.39, 0.29) is 0 Å². The van der Waals surface area contributed by atoms with Crippen molar-refractivity contribution in [3.8, 4) is 0 Å². The SMILES string of the molecule is Cn1cc(CN2CCCC(Nc3ccnc(C4CC4)n3)C2)c2ccccc21. The minimum Gasteiger partial charge on any atom is -0.366 e. The minimum atomic E-state index is 0.454. The first-order valence-electron chi connectivity index (χ1n) is 10.1. The first-order valence-corrected chi connectivity index (χ1v) is 10.1. The van der Waals surface area contributed by atoms with Crippen molar-refractivity contribution >= 4 is 16.7 Å². The number of benzene rings is 1. The molecule has 1 aliphatic heterocycles. The predicted octanol–water partition coefficient (Wildman–Crippen LogP) is 3.92. The first kappa shape index (κ1) is 16.8. The number of nitrogens with zero attached hydrogens (tertiary/aromatic N) is 4. The van der Waals surface area contributed by atoms with Gasteiger partial charge in [-0.05, 0) is 49.9 Å². The molecular weight excluding hydrogens is 334 g/mol. The highest BCUT2D eigenvalue weighted by molar-refractivity contribution is 5.83. The van der Waals surface area contributed by atoms with Gasteiger partial charge in [0.15, 0.2) is 0 Å². The molecule has 5 heteroatoms. The highest BCUT2D eigenvalue weighted by atomic mass is 15.2. The Balaban J connectivity index is 1.27. The summed E-state index contributed by atoms with van der Waals surface area (Å²) in [6.45, 7) is 3.24. The Morgan fingerprint density at radius 3 is 2.93 bits per heavy atom. The molecular formula is C22H27N5. The van der Waals surface area contributed by atoms with E-state index >= 15 is 0 Å². The van der Waals surface area contributed by atoms with Crippen molar-refractivity contribution in [3.63, 3.8) is 0 Å². The van der Waals surface area contributed by atoms with Gasteiger partial charge < -0.3 is 9.88 Å². The second-order valence-corrected chi connectivity index (χ2v) is 8.08. The maximum Gasteiger partial charge on any atom is 0.133 e. The second-order valence-electron chi connectivity index (χ2n) is 8.08. The lowest BCUT2D eigenvalue weighted by Crippen LogP contribution is -2.41. The quantitative estimate of drug-likeness (QED) is 0.748. The number of nitrogens with one attached hydrogen (secondary N) is 1. The van der Waals surface area contributed by atoms with E-state index in [1.54, 1.807) is 0 Å². The predicted molar refractivity (Wildman–Crippen MR) is 109 cm³/mol. The molecule has 3 heterocycles. The van der Waals surface area contributed by atoms with Crippen molar-refractivity contribution in [2.24, 2.45) is 7.05 Å². The molecule has 1 atom stereocenters. The van der Waals surface area contributed by atoms with Crippen molar-refractivity contribution in [2.45, 2.75) is 44.2 Å². The summed E-state index contributed by atoms with van der Waals surface area (Å²) in [4.78, 5) is 11.7. The Kier molecular flexibility index (Phi) is 4.32. The Morgan fingerprint density at radius 2 is 2.04 bits per heavy atom. The molecule has 27 heavy (non-hydrogen) atoms. The number of aryl methyl sites for hydroxylation is 1. The van der Waals surface area contributed by atoms with Gasteiger partial charge in [0.2, 0.25) is 0 Å². The molecule has 2 aliphatic rings. The van der Waals surface area contributed by atoms with E-state index in [4.69, 9.17) is 4.98 Å². The summed E-state index contributed by atoms with van der Waals surface area (Å²) in [5.74, 6) is 2.60. The van der Waals surface area contributed by atoms with E-state index in [1.165, 1.54) is 48.7 Å². The van der Waals surface area contributed by atoms with Crippen LogP contribution in [-0.4, -0.2) is 38.6 Å². The van der Waals surface area contributed by atoms with Crippen LogP contribution < -0.4 is 5.32 Å². The molecule has 1 N–H and O–H groups in total. The van der Waals surface area contributed by atoms with Crippen molar-refractivity contribution in [1.82, 2.24) is 19.4 Å². The lowest BCUT2D eigenvalue weighted by molar-refractivity contribution is 0.209. The van der Waals surface area contributed by atoms with Gasteiger partial charge >= 0.3 is 0 Å². The standard InChI is InChI=1S/C22H27N5/c1-26-13-17(19-6-2-3-7-20(19)26)14-27-12-4-5-18(15-27)24-21-10-11-23-22(25-21)16-8-9-16/h2-3,6-7,10-11,13,16,18H,4-5,8-9,12,14-15H2,1H3,(H,23,24,25). The van der Waals surface area contributed by atoms with Gasteiger partial charge in [-0.2, -0.15) is 0 Å². The second kappa shape index (κ2) is 6.97. The highest BCUT2D eigenvalue weighted by Crippen LogP contribution is 2.38. The largest absolute Gasteiger partial charge is 0.366 e. The van der Waals surface area contributed by atoms with Crippen LogP contribution in [0.4, 0.5) is 5.82 Å². The Bertz CT molecular complexity index is 943. The van der Waals surface area contributed by atoms with Crippen LogP contribution in [0, 0.1) is 0 Å². The molecule has 2 aromatic heterocycles. The van der Waals surface area contributed by atoms with Gasteiger partial charge in [0, 0.05) is 55.4 Å². The van der Waals surface area contributed by atoms with Crippen LogP contribution in [-0.2, 0) is 13.6 Å². The van der Waals surface area contributed by atoms with Crippen molar-refractivity contribution in [1.29, 1.82) is 0 Å². The number of anilines is 1. The van der Waals surface area contributed by atoms with E-state index in [0.29, 0.717) is 12.0 Å². The molecule has 1 aliphatic carbocycles. The first-order chi connectivity index (χ1) is 13.3. The van der Waals surface area contributed by atoms with Crippen molar-refractivity contribution in [3.05, 3.63) is 54.1 Å². The van der Waals surface area contributed by atoms with Crippen LogP contribution in [0.25, 0.3) is 10.9 Å². The number of aromatic nitrogens is 3. The molecule has 1 aromatic carbocycles. The van der Waals surface area contributed by atoms with Gasteiger partial charge in [0.05, 0.1) is 0 Å². The number of rotatable bonds is 5. The third-order valence-electron chi connectivity index (χ3n) is 5.85. The van der Waals surface area contributed by atoms with Gasteiger partial charge in [-0.15, -0.1) is 0 Å². The molecule has 0 radical (unpaired) electrons. The summed E-state index contributed by atoms with van der Waals surface area (Å²) < 4.78 is 2.24. The molecule has 1 saturated heterocycles. The molecule has 0 spiro atoms. The number of likely N-dealkylation sites (tertiary alicyclic amines) is 1. The Morgan fingerprint density at radius 1 is 1.15 bits per heavy atom. The minimum absolute atomic E-state index is 0.454. The lowest BCUT2D eigenvalue weighted by Gasteiger charge is -2.33. The molecule has 140 valence electrons. The van der Waals surface area contributed by atoms with Gasteiger partial charge in [-0.25, -0.2) is 9.97 Å². The van der Waals surface area contributed by atoms with E-state index in [9.17, 15) is 0 Å². The lowest BCUT2D eigenvalue weighted by atomic mass is 10.0. The van der Waals surface area contributed by atoms with Crippen LogP contribution in [0.15, 0.2) is 42.7 Å². The smallest absolute Gasteiger partial charge is 0.133 e. The number of fused-ring (bicyclic) bond motifs is 1. The van der Waals surface area contributed by atoms with Gasteiger partial charge in [0.25, 0.3) is 0 Å². The van der Waals surface area contributed by atoms with Crippen molar-refractivity contribution < 1.29 is 0 Å². The topological polar surface area (TPSA) is 46.0 Å². The molecule has 5 nitrogen and oxygen atoms in total. The molecule has 1 saturated carbocycles. The monoisotopic (exact) mass is 361 g/mol. The van der Waals surface area contributed by atoms with Crippen molar-refractivity contribution in [2.75, 3.05) is 18.4 Å². The fraction of sp³-hybridized carbons (Fsp3) is 0.455. The zero-order valence-corrected chi connectivity index (χ0v) is 15.9. The molecule has 5 rings (SSSR count). The number of para-hydroxylation sites is 1. The normalized spacial score (nSPS) is 20.9. The third kappa shape index (κ3) is 3.56. The van der Waals surface area contributed by atoms with Gasteiger partial charge in [0.1, 0.15) is 11.6 Å². The molecule has 0 amide bonds. The summed E-state index contributed by atoms with van der Waals surface area (Å²) in [6.07, 6.45) is 9.10. The zero-order chi connectivity index (χ0) is 18.2. The van der Waals surface area contributed by atoms with Gasteiger partial charge in [-0.1, -0.05) is 18.2 Å². The fourth-order valence-corrected chi connectivity index (χ4v) is 4.31. The molecule has 1 unspecified atom stereocenters. The summed E-state index contributed by atoms with van der Waals surface area (Å²) in [5.41, 5.74) is 2.74. The number of hydrogen-bond acceptors (Lipinski definition) is 4. The number of hydrogen-bond donors (Lipinski definition) is 1. The molecule has 0 bridgehead atoms. The summed E-state index contributed by atoms with van der Waals surface area (Å²) in [6, 6.07) is 11.2.